The van der Waals surface area contributed by atoms with Crippen LogP contribution in [0.5, 0.6) is 0 Å². The number of thioether (sulfide) groups is 1. The Kier molecular flexibility index (Phi) is 2.60. The Hall–Kier alpha value is 0.270. The fourth-order valence-electron chi connectivity index (χ4n) is 2.25. The van der Waals surface area contributed by atoms with Gasteiger partial charge in [-0.3, -0.25) is 4.90 Å². The van der Waals surface area contributed by atoms with Gasteiger partial charge in [-0.1, -0.05) is 6.92 Å². The highest BCUT2D eigenvalue weighted by atomic mass is 32.2. The number of hydrogen-bond acceptors (Lipinski definition) is 3. The quantitative estimate of drug-likeness (QED) is 0.744. The van der Waals surface area contributed by atoms with Crippen LogP contribution in [-0.4, -0.2) is 40.6 Å². The molecule has 2 aliphatic rings. The Morgan fingerprint density at radius 1 is 1.62 bits per heavy atom. The van der Waals surface area contributed by atoms with Crippen molar-refractivity contribution in [1.29, 1.82) is 0 Å². The summed E-state index contributed by atoms with van der Waals surface area (Å²) in [6, 6.07) is 0.837. The summed E-state index contributed by atoms with van der Waals surface area (Å²) >= 11 is 2.15. The molecule has 2 bridgehead atoms. The molecule has 3 unspecified atom stereocenters. The second-order valence-electron chi connectivity index (χ2n) is 4.78. The third kappa shape index (κ3) is 2.03. The summed E-state index contributed by atoms with van der Waals surface area (Å²) in [5.41, 5.74) is 6.20. The minimum absolute atomic E-state index is 0.0230. The number of nitrogens with two attached hydrogens (primary N) is 1. The zero-order valence-corrected chi connectivity index (χ0v) is 9.44. The van der Waals surface area contributed by atoms with Crippen LogP contribution in [0.25, 0.3) is 0 Å². The van der Waals surface area contributed by atoms with Gasteiger partial charge in [-0.15, -0.1) is 0 Å². The van der Waals surface area contributed by atoms with Gasteiger partial charge in [0, 0.05) is 35.7 Å². The van der Waals surface area contributed by atoms with E-state index in [1.165, 1.54) is 18.7 Å². The van der Waals surface area contributed by atoms with Crippen LogP contribution >= 0.6 is 11.8 Å². The largest absolute Gasteiger partial charge is 0.324 e. The first-order valence-corrected chi connectivity index (χ1v) is 6.30. The van der Waals surface area contributed by atoms with Crippen molar-refractivity contribution in [2.75, 3.05) is 18.8 Å². The molecular formula is C10H20N2S. The molecule has 0 radical (unpaired) electrons. The molecule has 2 saturated heterocycles. The zero-order chi connectivity index (χ0) is 9.47. The van der Waals surface area contributed by atoms with Gasteiger partial charge < -0.3 is 5.73 Å². The minimum Gasteiger partial charge on any atom is -0.324 e. The number of hydrogen-bond donors (Lipinski definition) is 1. The van der Waals surface area contributed by atoms with E-state index in [4.69, 9.17) is 5.73 Å². The SMILES string of the molecule is CCC(C)(N)CN1CC2CC1CS2. The Labute approximate surface area is 85.2 Å². The Morgan fingerprint density at radius 2 is 2.38 bits per heavy atom. The van der Waals surface area contributed by atoms with Crippen molar-refractivity contribution in [3.05, 3.63) is 0 Å². The number of fused-ring (bicyclic) bond motifs is 2. The maximum atomic E-state index is 6.18. The molecule has 0 aromatic carbocycles. The zero-order valence-electron chi connectivity index (χ0n) is 8.62. The number of likely N-dealkylation sites (tertiary alicyclic amines) is 1. The lowest BCUT2D eigenvalue weighted by Crippen LogP contribution is -2.50. The maximum Gasteiger partial charge on any atom is 0.0252 e. The minimum atomic E-state index is 0.0230. The van der Waals surface area contributed by atoms with E-state index >= 15 is 0 Å². The van der Waals surface area contributed by atoms with Crippen LogP contribution in [0.3, 0.4) is 0 Å². The van der Waals surface area contributed by atoms with Crippen molar-refractivity contribution < 1.29 is 0 Å². The predicted molar refractivity (Wildman–Crippen MR) is 59.1 cm³/mol. The van der Waals surface area contributed by atoms with Crippen molar-refractivity contribution in [2.24, 2.45) is 5.73 Å². The second kappa shape index (κ2) is 3.44. The van der Waals surface area contributed by atoms with Crippen LogP contribution in [0.1, 0.15) is 26.7 Å². The molecule has 76 valence electrons. The molecule has 0 amide bonds. The van der Waals surface area contributed by atoms with Gasteiger partial charge in [0.15, 0.2) is 0 Å². The molecule has 2 fully saturated rings. The van der Waals surface area contributed by atoms with Gasteiger partial charge in [0.1, 0.15) is 0 Å². The Balaban J connectivity index is 1.89. The van der Waals surface area contributed by atoms with E-state index in [2.05, 4.69) is 30.5 Å². The molecule has 0 aliphatic carbocycles. The summed E-state index contributed by atoms with van der Waals surface area (Å²) < 4.78 is 0. The smallest absolute Gasteiger partial charge is 0.0252 e. The number of nitrogens with zero attached hydrogens (tertiary/aromatic N) is 1. The average molecular weight is 200 g/mol. The molecule has 0 spiro atoms. The lowest BCUT2D eigenvalue weighted by atomic mass is 9.99. The van der Waals surface area contributed by atoms with Gasteiger partial charge in [0.2, 0.25) is 0 Å². The third-order valence-corrected chi connectivity index (χ3v) is 4.78. The van der Waals surface area contributed by atoms with Crippen molar-refractivity contribution in [3.63, 3.8) is 0 Å². The molecule has 3 atom stereocenters. The highest BCUT2D eigenvalue weighted by molar-refractivity contribution is 8.00. The molecule has 13 heavy (non-hydrogen) atoms. The van der Waals surface area contributed by atoms with Crippen LogP contribution in [0.2, 0.25) is 0 Å². The molecule has 2 aliphatic heterocycles. The summed E-state index contributed by atoms with van der Waals surface area (Å²) in [6.45, 7) is 6.72. The molecule has 3 heteroatoms. The molecule has 0 aromatic rings. The van der Waals surface area contributed by atoms with Crippen molar-refractivity contribution in [1.82, 2.24) is 4.90 Å². The highest BCUT2D eigenvalue weighted by Gasteiger charge is 2.40. The normalized spacial score (nSPS) is 38.1. The second-order valence-corrected chi connectivity index (χ2v) is 6.12. The van der Waals surface area contributed by atoms with Gasteiger partial charge in [-0.2, -0.15) is 11.8 Å². The first-order valence-electron chi connectivity index (χ1n) is 5.25. The lowest BCUT2D eigenvalue weighted by Gasteiger charge is -2.34. The monoisotopic (exact) mass is 200 g/mol. The van der Waals surface area contributed by atoms with Crippen LogP contribution in [-0.2, 0) is 0 Å². The summed E-state index contributed by atoms with van der Waals surface area (Å²) in [6.07, 6.45) is 2.48. The fraction of sp³-hybridized carbons (Fsp3) is 1.00. The van der Waals surface area contributed by atoms with Crippen LogP contribution < -0.4 is 5.73 Å². The molecule has 2 heterocycles. The standard InChI is InChI=1S/C10H20N2S/c1-3-10(2,11)7-12-5-9-4-8(12)6-13-9/h8-9H,3-7,11H2,1-2H3. The molecule has 0 aromatic heterocycles. The Bertz CT molecular complexity index is 193. The Morgan fingerprint density at radius 3 is 2.85 bits per heavy atom. The van der Waals surface area contributed by atoms with Crippen LogP contribution in [0, 0.1) is 0 Å². The summed E-state index contributed by atoms with van der Waals surface area (Å²) in [5.74, 6) is 1.34. The first kappa shape index (κ1) is 9.81. The van der Waals surface area contributed by atoms with Gasteiger partial charge in [0.25, 0.3) is 0 Å². The summed E-state index contributed by atoms with van der Waals surface area (Å²) in [7, 11) is 0. The molecular weight excluding hydrogens is 180 g/mol. The molecule has 2 rings (SSSR count). The third-order valence-electron chi connectivity index (χ3n) is 3.39. The lowest BCUT2D eigenvalue weighted by molar-refractivity contribution is 0.208. The van der Waals surface area contributed by atoms with Crippen molar-refractivity contribution in [2.45, 2.75) is 43.5 Å². The van der Waals surface area contributed by atoms with Gasteiger partial charge in [-0.05, 0) is 19.8 Å². The average Bonchev–Trinajstić information content (AvgIpc) is 2.64. The van der Waals surface area contributed by atoms with Gasteiger partial charge in [-0.25, -0.2) is 0 Å². The van der Waals surface area contributed by atoms with E-state index in [-0.39, 0.29) is 5.54 Å². The summed E-state index contributed by atoms with van der Waals surface area (Å²) in [5, 5.41) is 0.914. The fourth-order valence-corrected chi connectivity index (χ4v) is 3.74. The van der Waals surface area contributed by atoms with Crippen LogP contribution in [0.15, 0.2) is 0 Å². The molecule has 2 N–H and O–H groups in total. The predicted octanol–water partition coefficient (Wildman–Crippen LogP) is 1.30. The van der Waals surface area contributed by atoms with E-state index in [1.807, 2.05) is 0 Å². The topological polar surface area (TPSA) is 29.3 Å². The van der Waals surface area contributed by atoms with E-state index in [0.29, 0.717) is 0 Å². The van der Waals surface area contributed by atoms with Gasteiger partial charge in [0.05, 0.1) is 0 Å². The van der Waals surface area contributed by atoms with Gasteiger partial charge >= 0.3 is 0 Å². The highest BCUT2D eigenvalue weighted by Crippen LogP contribution is 2.37. The van der Waals surface area contributed by atoms with E-state index in [1.54, 1.807) is 0 Å². The van der Waals surface area contributed by atoms with Crippen molar-refractivity contribution in [3.8, 4) is 0 Å². The maximum absolute atomic E-state index is 6.18. The van der Waals surface area contributed by atoms with E-state index in [9.17, 15) is 0 Å². The summed E-state index contributed by atoms with van der Waals surface area (Å²) in [4.78, 5) is 2.60. The van der Waals surface area contributed by atoms with Crippen molar-refractivity contribution >= 4 is 11.8 Å². The molecule has 0 saturated carbocycles. The number of rotatable bonds is 3. The molecule has 2 nitrogen and oxygen atoms in total. The van der Waals surface area contributed by atoms with E-state index in [0.717, 1.165) is 24.3 Å². The van der Waals surface area contributed by atoms with E-state index < -0.39 is 0 Å². The first-order chi connectivity index (χ1) is 6.11. The van der Waals surface area contributed by atoms with Crippen LogP contribution in [0.4, 0.5) is 0 Å².